The molecule has 1 rings (SSSR count). The molecule has 72 valence electrons. The lowest BCUT2D eigenvalue weighted by Gasteiger charge is -2.15. The average molecular weight is 180 g/mol. The van der Waals surface area contributed by atoms with Crippen LogP contribution >= 0.6 is 0 Å². The van der Waals surface area contributed by atoms with Gasteiger partial charge in [0.05, 0.1) is 6.61 Å². The Morgan fingerprint density at radius 3 is 2.77 bits per heavy atom. The van der Waals surface area contributed by atoms with Gasteiger partial charge in [-0.1, -0.05) is 20.4 Å². The molecular weight excluding hydrogens is 164 g/mol. The van der Waals surface area contributed by atoms with Gasteiger partial charge in [-0.05, 0) is 30.4 Å². The summed E-state index contributed by atoms with van der Waals surface area (Å²) in [5.74, 6) is 0.651. The quantitative estimate of drug-likeness (QED) is 0.624. The molecule has 0 bridgehead atoms. The highest BCUT2D eigenvalue weighted by molar-refractivity contribution is 6.06. The summed E-state index contributed by atoms with van der Waals surface area (Å²) in [6.45, 7) is 8.34. The zero-order chi connectivity index (χ0) is 9.84. The maximum Gasteiger partial charge on any atom is 0.222 e. The molecule has 0 saturated heterocycles. The van der Waals surface area contributed by atoms with E-state index in [4.69, 9.17) is 4.74 Å². The average Bonchev–Trinajstić information content (AvgIpc) is 2.17. The lowest BCUT2D eigenvalue weighted by atomic mass is 9.99. The summed E-state index contributed by atoms with van der Waals surface area (Å²) < 4.78 is 5.26. The van der Waals surface area contributed by atoms with Crippen LogP contribution in [0.1, 0.15) is 26.7 Å². The van der Waals surface area contributed by atoms with Crippen LogP contribution in [0.4, 0.5) is 0 Å². The highest BCUT2D eigenvalue weighted by Crippen LogP contribution is 2.18. The fourth-order valence-electron chi connectivity index (χ4n) is 1.14. The number of rotatable bonds is 3. The Morgan fingerprint density at radius 2 is 2.31 bits per heavy atom. The second-order valence-corrected chi connectivity index (χ2v) is 3.57. The van der Waals surface area contributed by atoms with Crippen molar-refractivity contribution in [2.75, 3.05) is 6.61 Å². The molecule has 13 heavy (non-hydrogen) atoms. The van der Waals surface area contributed by atoms with Gasteiger partial charge in [-0.15, -0.1) is 0 Å². The number of carbonyl (C=O) groups excluding carboxylic acids is 1. The highest BCUT2D eigenvalue weighted by Gasteiger charge is 2.18. The van der Waals surface area contributed by atoms with E-state index < -0.39 is 0 Å². The molecule has 0 atom stereocenters. The second-order valence-electron chi connectivity index (χ2n) is 3.57. The second kappa shape index (κ2) is 4.26. The van der Waals surface area contributed by atoms with E-state index in [1.807, 2.05) is 19.9 Å². The molecule has 1 aliphatic heterocycles. The molecule has 1 aliphatic rings. The van der Waals surface area contributed by atoms with E-state index in [1.54, 1.807) is 0 Å². The van der Waals surface area contributed by atoms with Gasteiger partial charge >= 0.3 is 0 Å². The van der Waals surface area contributed by atoms with E-state index in [2.05, 4.69) is 6.58 Å². The Morgan fingerprint density at radius 1 is 1.62 bits per heavy atom. The Kier molecular flexibility index (Phi) is 3.29. The Balaban J connectivity index is 2.66. The van der Waals surface area contributed by atoms with Gasteiger partial charge in [0.15, 0.2) is 5.76 Å². The molecule has 0 aromatic rings. The van der Waals surface area contributed by atoms with Crippen LogP contribution in [0.25, 0.3) is 0 Å². The van der Waals surface area contributed by atoms with E-state index in [0.29, 0.717) is 17.9 Å². The number of allylic oxidation sites excluding steroid dienone is 2. The van der Waals surface area contributed by atoms with Crippen molar-refractivity contribution in [3.8, 4) is 0 Å². The molecule has 0 amide bonds. The molecule has 0 N–H and O–H groups in total. The fraction of sp³-hybridized carbons (Fsp3) is 0.545. The molecule has 1 heterocycles. The van der Waals surface area contributed by atoms with Gasteiger partial charge in [-0.25, -0.2) is 0 Å². The highest BCUT2D eigenvalue weighted by atomic mass is 16.5. The molecule has 2 nitrogen and oxygen atoms in total. The monoisotopic (exact) mass is 180 g/mol. The molecule has 0 spiro atoms. The van der Waals surface area contributed by atoms with E-state index in [0.717, 1.165) is 12.8 Å². The van der Waals surface area contributed by atoms with Crippen molar-refractivity contribution in [2.24, 2.45) is 5.92 Å². The molecular formula is C11H16O2. The van der Waals surface area contributed by atoms with Gasteiger partial charge in [-0.3, -0.25) is 4.79 Å². The summed E-state index contributed by atoms with van der Waals surface area (Å²) >= 11 is 0. The third-order valence-corrected chi connectivity index (χ3v) is 2.15. The Bertz CT molecular complexity index is 249. The minimum Gasteiger partial charge on any atom is -0.490 e. The number of Topliss-reactive ketones (excluding diaryl/α,β-unsaturated/α-hetero) is 1. The Labute approximate surface area is 79.3 Å². The van der Waals surface area contributed by atoms with Crippen molar-refractivity contribution in [1.82, 2.24) is 0 Å². The smallest absolute Gasteiger partial charge is 0.222 e. The van der Waals surface area contributed by atoms with E-state index in [9.17, 15) is 4.79 Å². The lowest BCUT2D eigenvalue weighted by molar-refractivity contribution is -0.116. The van der Waals surface area contributed by atoms with Crippen molar-refractivity contribution >= 4 is 5.78 Å². The fourth-order valence-corrected chi connectivity index (χ4v) is 1.14. The zero-order valence-corrected chi connectivity index (χ0v) is 8.30. The van der Waals surface area contributed by atoms with Gasteiger partial charge in [-0.2, -0.15) is 0 Å². The molecule has 0 radical (unpaired) electrons. The predicted octanol–water partition coefficient (Wildman–Crippen LogP) is 2.46. The molecule has 0 saturated carbocycles. The van der Waals surface area contributed by atoms with E-state index >= 15 is 0 Å². The molecule has 0 unspecified atom stereocenters. The van der Waals surface area contributed by atoms with Crippen molar-refractivity contribution in [3.05, 3.63) is 24.0 Å². The van der Waals surface area contributed by atoms with Gasteiger partial charge in [0, 0.05) is 0 Å². The van der Waals surface area contributed by atoms with E-state index in [1.165, 1.54) is 0 Å². The largest absolute Gasteiger partial charge is 0.490 e. The van der Waals surface area contributed by atoms with Gasteiger partial charge in [0.1, 0.15) is 0 Å². The Hall–Kier alpha value is -1.05. The van der Waals surface area contributed by atoms with Crippen LogP contribution < -0.4 is 0 Å². The maximum atomic E-state index is 11.6. The number of ketones is 1. The maximum absolute atomic E-state index is 11.6. The van der Waals surface area contributed by atoms with Gasteiger partial charge in [0.2, 0.25) is 5.78 Å². The van der Waals surface area contributed by atoms with Crippen LogP contribution in [0.2, 0.25) is 0 Å². The molecule has 0 fully saturated rings. The molecule has 2 heteroatoms. The number of carbonyl (C=O) groups is 1. The van der Waals surface area contributed by atoms with Crippen LogP contribution in [0.5, 0.6) is 0 Å². The summed E-state index contributed by atoms with van der Waals surface area (Å²) in [5.41, 5.74) is 0.633. The topological polar surface area (TPSA) is 26.3 Å². The van der Waals surface area contributed by atoms with Crippen LogP contribution in [0.15, 0.2) is 24.0 Å². The van der Waals surface area contributed by atoms with Gasteiger partial charge in [0.25, 0.3) is 0 Å². The third kappa shape index (κ3) is 2.44. The lowest BCUT2D eigenvalue weighted by Crippen LogP contribution is -2.15. The normalized spacial score (nSPS) is 16.4. The summed E-state index contributed by atoms with van der Waals surface area (Å²) in [4.78, 5) is 11.6. The first-order valence-corrected chi connectivity index (χ1v) is 4.69. The summed E-state index contributed by atoms with van der Waals surface area (Å²) in [6.07, 6.45) is 3.80. The summed E-state index contributed by atoms with van der Waals surface area (Å²) in [7, 11) is 0. The minimum absolute atomic E-state index is 0.0327. The van der Waals surface area contributed by atoms with Crippen LogP contribution in [0.3, 0.4) is 0 Å². The van der Waals surface area contributed by atoms with Crippen LogP contribution in [-0.2, 0) is 9.53 Å². The van der Waals surface area contributed by atoms with Gasteiger partial charge < -0.3 is 4.74 Å². The summed E-state index contributed by atoms with van der Waals surface area (Å²) in [5, 5.41) is 0. The van der Waals surface area contributed by atoms with Crippen molar-refractivity contribution < 1.29 is 9.53 Å². The number of hydrogen-bond acceptors (Lipinski definition) is 2. The van der Waals surface area contributed by atoms with E-state index in [-0.39, 0.29) is 11.7 Å². The summed E-state index contributed by atoms with van der Waals surface area (Å²) in [6, 6.07) is 0. The van der Waals surface area contributed by atoms with Crippen molar-refractivity contribution in [2.45, 2.75) is 26.7 Å². The first kappa shape index (κ1) is 10.0. The zero-order valence-electron chi connectivity index (χ0n) is 8.30. The molecule has 0 aromatic carbocycles. The number of hydrogen-bond donors (Lipinski definition) is 0. The first-order chi connectivity index (χ1) is 6.13. The molecule has 0 aromatic heterocycles. The molecule has 0 aliphatic carbocycles. The minimum atomic E-state index is -0.0327. The number of ether oxygens (including phenoxy) is 1. The standard InChI is InChI=1S/C11H16O2/c1-8(2)9(3)11(12)10-6-4-5-7-13-10/h6,8H,3-5,7H2,1-2H3. The van der Waals surface area contributed by atoms with Crippen molar-refractivity contribution in [3.63, 3.8) is 0 Å². The van der Waals surface area contributed by atoms with Crippen molar-refractivity contribution in [1.29, 1.82) is 0 Å². The van der Waals surface area contributed by atoms with Crippen LogP contribution in [0, 0.1) is 5.92 Å². The predicted molar refractivity (Wildman–Crippen MR) is 52.3 cm³/mol. The first-order valence-electron chi connectivity index (χ1n) is 4.69. The third-order valence-electron chi connectivity index (χ3n) is 2.15. The van der Waals surface area contributed by atoms with Crippen LogP contribution in [-0.4, -0.2) is 12.4 Å². The SMILES string of the molecule is C=C(C(=O)C1=CCCCO1)C(C)C.